The fraction of sp³-hybridized carbons (Fsp3) is 0.533. The maximum Gasteiger partial charge on any atom is 0.229 e. The number of carbonyl (C=O) groups excluding carboxylic acids is 1. The lowest BCUT2D eigenvalue weighted by molar-refractivity contribution is -0.141. The van der Waals surface area contributed by atoms with Gasteiger partial charge in [-0.25, -0.2) is 0 Å². The van der Waals surface area contributed by atoms with Gasteiger partial charge in [0.1, 0.15) is 0 Å². The first-order valence-corrected chi connectivity index (χ1v) is 6.67. The van der Waals surface area contributed by atoms with Gasteiger partial charge in [0.15, 0.2) is 0 Å². The fourth-order valence-electron chi connectivity index (χ4n) is 2.55. The van der Waals surface area contributed by atoms with E-state index in [9.17, 15) is 9.90 Å². The Balaban J connectivity index is 2.04. The van der Waals surface area contributed by atoms with Crippen molar-refractivity contribution >= 4 is 5.91 Å². The van der Waals surface area contributed by atoms with Crippen molar-refractivity contribution in [2.75, 3.05) is 20.3 Å². The molecule has 0 spiro atoms. The number of carbonyl (C=O) groups is 1. The average Bonchev–Trinajstić information content (AvgIpc) is 2.40. The molecule has 1 aliphatic carbocycles. The fourth-order valence-corrected chi connectivity index (χ4v) is 2.55. The summed E-state index contributed by atoms with van der Waals surface area (Å²) in [7, 11) is 1.62. The van der Waals surface area contributed by atoms with Crippen LogP contribution in [0.3, 0.4) is 0 Å². The van der Waals surface area contributed by atoms with Gasteiger partial charge in [0.2, 0.25) is 5.91 Å². The number of methoxy groups -OCH3 is 1. The molecular formula is C15H21NO3. The highest BCUT2D eigenvalue weighted by atomic mass is 16.5. The van der Waals surface area contributed by atoms with Gasteiger partial charge in [-0.05, 0) is 18.4 Å². The lowest BCUT2D eigenvalue weighted by atomic mass is 9.68. The number of amides is 1. The molecule has 0 aliphatic heterocycles. The number of aliphatic hydroxyl groups is 1. The summed E-state index contributed by atoms with van der Waals surface area (Å²) in [6.45, 7) is 0.352. The van der Waals surface area contributed by atoms with Gasteiger partial charge in [0.25, 0.3) is 0 Å². The zero-order valence-corrected chi connectivity index (χ0v) is 11.3. The third-order valence-electron chi connectivity index (χ3n) is 3.90. The molecule has 4 heteroatoms. The molecule has 1 aromatic rings. The Bertz CT molecular complexity index is 415. The Kier molecular flexibility index (Phi) is 4.56. The van der Waals surface area contributed by atoms with Crippen LogP contribution in [0.5, 0.6) is 0 Å². The Morgan fingerprint density at radius 2 is 2.11 bits per heavy atom. The van der Waals surface area contributed by atoms with Crippen LogP contribution in [-0.2, 0) is 9.53 Å². The van der Waals surface area contributed by atoms with Crippen molar-refractivity contribution in [2.45, 2.75) is 25.3 Å². The first-order valence-electron chi connectivity index (χ1n) is 6.67. The molecule has 2 N–H and O–H groups in total. The van der Waals surface area contributed by atoms with Crippen molar-refractivity contribution < 1.29 is 14.6 Å². The van der Waals surface area contributed by atoms with Crippen LogP contribution in [0.4, 0.5) is 0 Å². The molecular weight excluding hydrogens is 242 g/mol. The van der Waals surface area contributed by atoms with E-state index < -0.39 is 5.41 Å². The average molecular weight is 263 g/mol. The molecule has 0 saturated heterocycles. The van der Waals surface area contributed by atoms with E-state index in [1.807, 2.05) is 30.3 Å². The van der Waals surface area contributed by atoms with E-state index >= 15 is 0 Å². The maximum absolute atomic E-state index is 12.4. The highest BCUT2D eigenvalue weighted by Crippen LogP contribution is 2.41. The van der Waals surface area contributed by atoms with E-state index in [0.717, 1.165) is 24.8 Å². The monoisotopic (exact) mass is 263 g/mol. The van der Waals surface area contributed by atoms with Gasteiger partial charge >= 0.3 is 0 Å². The highest BCUT2D eigenvalue weighted by Gasteiger charge is 2.44. The molecule has 1 atom stereocenters. The predicted molar refractivity (Wildman–Crippen MR) is 72.6 cm³/mol. The predicted octanol–water partition coefficient (Wildman–Crippen LogP) is 1.65. The van der Waals surface area contributed by atoms with E-state index in [1.54, 1.807) is 7.11 Å². The second-order valence-electron chi connectivity index (χ2n) is 5.19. The van der Waals surface area contributed by atoms with Crippen LogP contribution in [0.15, 0.2) is 30.3 Å². The number of ether oxygens (including phenoxy) is 1. The number of nitrogens with one attached hydrogen (secondary N) is 1. The third kappa shape index (κ3) is 2.96. The lowest BCUT2D eigenvalue weighted by Gasteiger charge is -2.40. The molecule has 1 amide bonds. The van der Waals surface area contributed by atoms with E-state index in [-0.39, 0.29) is 18.6 Å². The molecule has 2 rings (SSSR count). The van der Waals surface area contributed by atoms with Crippen LogP contribution in [0.2, 0.25) is 0 Å². The Morgan fingerprint density at radius 1 is 1.42 bits per heavy atom. The minimum Gasteiger partial charge on any atom is -0.394 e. The summed E-state index contributed by atoms with van der Waals surface area (Å²) in [6, 6.07) is 9.19. The van der Waals surface area contributed by atoms with Crippen molar-refractivity contribution in [3.63, 3.8) is 0 Å². The Morgan fingerprint density at radius 3 is 2.58 bits per heavy atom. The topological polar surface area (TPSA) is 58.6 Å². The smallest absolute Gasteiger partial charge is 0.229 e. The largest absolute Gasteiger partial charge is 0.394 e. The van der Waals surface area contributed by atoms with Gasteiger partial charge < -0.3 is 15.2 Å². The molecule has 1 saturated carbocycles. The van der Waals surface area contributed by atoms with E-state index in [2.05, 4.69) is 5.32 Å². The quantitative estimate of drug-likeness (QED) is 0.820. The summed E-state index contributed by atoms with van der Waals surface area (Å²) in [5, 5.41) is 12.4. The van der Waals surface area contributed by atoms with Crippen molar-refractivity contribution in [1.29, 1.82) is 0 Å². The van der Waals surface area contributed by atoms with Crippen molar-refractivity contribution in [1.82, 2.24) is 5.32 Å². The van der Waals surface area contributed by atoms with Crippen LogP contribution in [0, 0.1) is 5.41 Å². The minimum atomic E-state index is -0.392. The van der Waals surface area contributed by atoms with E-state index in [4.69, 9.17) is 4.74 Å². The molecule has 4 nitrogen and oxygen atoms in total. The summed E-state index contributed by atoms with van der Waals surface area (Å²) < 4.78 is 5.17. The molecule has 1 aliphatic rings. The standard InChI is InChI=1S/C15H21NO3/c1-19-11-15(8-5-9-15)14(18)16-13(10-17)12-6-3-2-4-7-12/h2-4,6-7,13,17H,5,8-11H2,1H3,(H,16,18)/t13-/m1/s1. The number of benzene rings is 1. The summed E-state index contributed by atoms with van der Waals surface area (Å²) >= 11 is 0. The summed E-state index contributed by atoms with van der Waals surface area (Å²) in [5.74, 6) is -0.0106. The molecule has 19 heavy (non-hydrogen) atoms. The molecule has 1 fully saturated rings. The normalized spacial score (nSPS) is 18.4. The van der Waals surface area contributed by atoms with Gasteiger partial charge in [-0.2, -0.15) is 0 Å². The number of aliphatic hydroxyl groups excluding tert-OH is 1. The van der Waals surface area contributed by atoms with Gasteiger partial charge in [-0.15, -0.1) is 0 Å². The minimum absolute atomic E-state index is 0.0106. The van der Waals surface area contributed by atoms with E-state index in [0.29, 0.717) is 6.61 Å². The molecule has 1 aromatic carbocycles. The first-order chi connectivity index (χ1) is 9.22. The summed E-state index contributed by atoms with van der Waals surface area (Å²) in [6.07, 6.45) is 2.78. The number of hydrogen-bond donors (Lipinski definition) is 2. The Hall–Kier alpha value is -1.39. The summed E-state index contributed by atoms with van der Waals surface area (Å²) in [4.78, 5) is 12.4. The first kappa shape index (κ1) is 14.0. The molecule has 0 bridgehead atoms. The van der Waals surface area contributed by atoms with Crippen LogP contribution in [0.1, 0.15) is 30.9 Å². The number of hydrogen-bond acceptors (Lipinski definition) is 3. The van der Waals surface area contributed by atoms with Crippen LogP contribution >= 0.6 is 0 Å². The van der Waals surface area contributed by atoms with Crippen LogP contribution < -0.4 is 5.32 Å². The third-order valence-corrected chi connectivity index (χ3v) is 3.90. The van der Waals surface area contributed by atoms with Crippen molar-refractivity contribution in [2.24, 2.45) is 5.41 Å². The van der Waals surface area contributed by atoms with Crippen LogP contribution in [-0.4, -0.2) is 31.3 Å². The Labute approximate surface area is 113 Å². The molecule has 0 radical (unpaired) electrons. The zero-order valence-electron chi connectivity index (χ0n) is 11.3. The zero-order chi connectivity index (χ0) is 13.7. The van der Waals surface area contributed by atoms with Gasteiger partial charge in [0.05, 0.1) is 24.7 Å². The van der Waals surface area contributed by atoms with Crippen LogP contribution in [0.25, 0.3) is 0 Å². The van der Waals surface area contributed by atoms with Crippen molar-refractivity contribution in [3.8, 4) is 0 Å². The number of rotatable bonds is 6. The van der Waals surface area contributed by atoms with Gasteiger partial charge in [-0.1, -0.05) is 36.8 Å². The lowest BCUT2D eigenvalue weighted by Crippen LogP contribution is -2.50. The second kappa shape index (κ2) is 6.17. The molecule has 0 unspecified atom stereocenters. The van der Waals surface area contributed by atoms with Gasteiger partial charge in [0, 0.05) is 7.11 Å². The SMILES string of the molecule is COCC1(C(=O)N[C@H](CO)c2ccccc2)CCC1. The maximum atomic E-state index is 12.4. The second-order valence-corrected chi connectivity index (χ2v) is 5.19. The molecule has 104 valence electrons. The summed E-state index contributed by atoms with van der Waals surface area (Å²) in [5.41, 5.74) is 0.530. The van der Waals surface area contributed by atoms with Crippen molar-refractivity contribution in [3.05, 3.63) is 35.9 Å². The highest BCUT2D eigenvalue weighted by molar-refractivity contribution is 5.84. The molecule has 0 heterocycles. The van der Waals surface area contributed by atoms with E-state index in [1.165, 1.54) is 0 Å². The molecule has 0 aromatic heterocycles. The van der Waals surface area contributed by atoms with Gasteiger partial charge in [-0.3, -0.25) is 4.79 Å².